The lowest BCUT2D eigenvalue weighted by atomic mass is 10.1. The van der Waals surface area contributed by atoms with Gasteiger partial charge in [0.2, 0.25) is 5.78 Å². The summed E-state index contributed by atoms with van der Waals surface area (Å²) in [6.07, 6.45) is -1.33. The molecule has 1 aliphatic rings. The van der Waals surface area contributed by atoms with Gasteiger partial charge in [-0.25, -0.2) is 4.79 Å². The van der Waals surface area contributed by atoms with Crippen molar-refractivity contribution in [3.63, 3.8) is 0 Å². The van der Waals surface area contributed by atoms with Crippen molar-refractivity contribution in [1.29, 1.82) is 0 Å². The van der Waals surface area contributed by atoms with Gasteiger partial charge in [-0.05, 0) is 35.9 Å². The Hall–Kier alpha value is -3.72. The molecule has 0 amide bonds. The van der Waals surface area contributed by atoms with Gasteiger partial charge in [0.15, 0.2) is 29.5 Å². The van der Waals surface area contributed by atoms with Crippen LogP contribution in [-0.2, 0) is 9.53 Å². The van der Waals surface area contributed by atoms with Gasteiger partial charge in [-0.3, -0.25) is 4.79 Å². The lowest BCUT2D eigenvalue weighted by Gasteiger charge is -2.14. The summed E-state index contributed by atoms with van der Waals surface area (Å²) in [5.41, 5.74) is 0.0314. The number of ketones is 1. The van der Waals surface area contributed by atoms with Gasteiger partial charge in [0.05, 0.1) is 5.56 Å². The number of esters is 1. The highest BCUT2D eigenvalue weighted by molar-refractivity contribution is 6.11. The van der Waals surface area contributed by atoms with Crippen LogP contribution in [0.3, 0.4) is 0 Å². The number of phenols is 3. The standard InChI is InChI=1S/C19H16O9/c20-12-4-1-9(5-14(12)22)6-15(23)17(24)11-3-2-10(7-13(11)21)28-16-8-27-19(26)18(16)25/h1-7,16,18,20-23,25H,8H2/b15-6-/t16-,18+/m0/s1. The molecule has 2 aromatic rings. The van der Waals surface area contributed by atoms with Gasteiger partial charge < -0.3 is 35.0 Å². The third-order valence-electron chi connectivity index (χ3n) is 4.02. The highest BCUT2D eigenvalue weighted by atomic mass is 16.6. The molecule has 1 aliphatic heterocycles. The number of rotatable bonds is 5. The first-order valence-electron chi connectivity index (χ1n) is 8.08. The SMILES string of the molecule is O=C(/C(O)=C/c1ccc(O)c(O)c1)c1ccc(O[C@H]2COC(=O)[C@@H]2O)cc1O. The molecular formula is C19H16O9. The Morgan fingerprint density at radius 1 is 1.07 bits per heavy atom. The third kappa shape index (κ3) is 3.84. The van der Waals surface area contributed by atoms with Crippen LogP contribution in [0.15, 0.2) is 42.2 Å². The quantitative estimate of drug-likeness (QED) is 0.167. The Morgan fingerprint density at radius 3 is 2.43 bits per heavy atom. The van der Waals surface area contributed by atoms with Crippen molar-refractivity contribution >= 4 is 17.8 Å². The number of hydrogen-bond donors (Lipinski definition) is 5. The maximum Gasteiger partial charge on any atom is 0.339 e. The van der Waals surface area contributed by atoms with Crippen LogP contribution in [0.25, 0.3) is 6.08 Å². The number of carbonyl (C=O) groups is 2. The van der Waals surface area contributed by atoms with E-state index >= 15 is 0 Å². The zero-order chi connectivity index (χ0) is 20.4. The van der Waals surface area contributed by atoms with Crippen molar-refractivity contribution in [3.8, 4) is 23.0 Å². The molecule has 9 nitrogen and oxygen atoms in total. The number of phenolic OH excluding ortho intramolecular Hbond substituents is 3. The number of Topliss-reactive ketones (excluding diaryl/α,β-unsaturated/α-hetero) is 1. The minimum atomic E-state index is -1.45. The summed E-state index contributed by atoms with van der Waals surface area (Å²) in [6.45, 7) is -0.148. The van der Waals surface area contributed by atoms with Gasteiger partial charge >= 0.3 is 5.97 Å². The van der Waals surface area contributed by atoms with Gasteiger partial charge in [0.25, 0.3) is 0 Å². The third-order valence-corrected chi connectivity index (χ3v) is 4.02. The Kier molecular flexibility index (Phi) is 5.10. The van der Waals surface area contributed by atoms with Crippen LogP contribution in [0.5, 0.6) is 23.0 Å². The summed E-state index contributed by atoms with van der Waals surface area (Å²) < 4.78 is 10.00. The van der Waals surface area contributed by atoms with Gasteiger partial charge in [-0.2, -0.15) is 0 Å². The van der Waals surface area contributed by atoms with Crippen molar-refractivity contribution in [3.05, 3.63) is 53.3 Å². The summed E-state index contributed by atoms with van der Waals surface area (Å²) in [5.74, 6) is -3.59. The summed E-state index contributed by atoms with van der Waals surface area (Å²) in [4.78, 5) is 23.5. The molecule has 0 saturated carbocycles. The van der Waals surface area contributed by atoms with Crippen LogP contribution in [0, 0.1) is 0 Å². The number of hydrogen-bond acceptors (Lipinski definition) is 9. The average Bonchev–Trinajstić information content (AvgIpc) is 2.96. The van der Waals surface area contributed by atoms with Crippen molar-refractivity contribution in [1.82, 2.24) is 0 Å². The maximum absolute atomic E-state index is 12.3. The molecule has 3 rings (SSSR count). The molecule has 5 N–H and O–H groups in total. The fourth-order valence-electron chi connectivity index (χ4n) is 2.53. The van der Waals surface area contributed by atoms with Crippen molar-refractivity contribution in [2.24, 2.45) is 0 Å². The van der Waals surface area contributed by atoms with E-state index in [0.29, 0.717) is 0 Å². The highest BCUT2D eigenvalue weighted by Crippen LogP contribution is 2.29. The molecule has 2 aromatic carbocycles. The molecule has 1 fully saturated rings. The molecule has 0 spiro atoms. The molecule has 9 heteroatoms. The van der Waals surface area contributed by atoms with Crippen LogP contribution in [0.2, 0.25) is 0 Å². The lowest BCUT2D eigenvalue weighted by Crippen LogP contribution is -2.31. The van der Waals surface area contributed by atoms with Crippen LogP contribution >= 0.6 is 0 Å². The number of benzene rings is 2. The number of carbonyl (C=O) groups excluding carboxylic acids is 2. The lowest BCUT2D eigenvalue weighted by molar-refractivity contribution is -0.144. The Bertz CT molecular complexity index is 964. The summed E-state index contributed by atoms with van der Waals surface area (Å²) in [5, 5.41) is 48.4. The smallest absolute Gasteiger partial charge is 0.339 e. The molecule has 2 atom stereocenters. The number of cyclic esters (lactones) is 1. The first-order chi connectivity index (χ1) is 13.3. The second-order valence-electron chi connectivity index (χ2n) is 6.02. The second-order valence-corrected chi connectivity index (χ2v) is 6.02. The molecule has 146 valence electrons. The summed E-state index contributed by atoms with van der Waals surface area (Å²) >= 11 is 0. The Balaban J connectivity index is 1.77. The van der Waals surface area contributed by atoms with E-state index in [2.05, 4.69) is 4.74 Å². The van der Waals surface area contributed by atoms with Gasteiger partial charge in [-0.15, -0.1) is 0 Å². The molecule has 0 radical (unpaired) electrons. The van der Waals surface area contributed by atoms with Crippen LogP contribution in [0.1, 0.15) is 15.9 Å². The van der Waals surface area contributed by atoms with E-state index < -0.39 is 41.2 Å². The molecular weight excluding hydrogens is 372 g/mol. The van der Waals surface area contributed by atoms with E-state index in [1.807, 2.05) is 0 Å². The van der Waals surface area contributed by atoms with Crippen molar-refractivity contribution in [2.75, 3.05) is 6.61 Å². The normalized spacial score (nSPS) is 19.3. The molecule has 0 unspecified atom stereocenters. The van der Waals surface area contributed by atoms with E-state index in [-0.39, 0.29) is 29.2 Å². The minimum absolute atomic E-state index is 0.0864. The maximum atomic E-state index is 12.3. The van der Waals surface area contributed by atoms with E-state index in [4.69, 9.17) is 4.74 Å². The minimum Gasteiger partial charge on any atom is -0.507 e. The topological polar surface area (TPSA) is 154 Å². The Labute approximate surface area is 158 Å². The van der Waals surface area contributed by atoms with E-state index in [1.54, 1.807) is 0 Å². The summed E-state index contributed by atoms with van der Waals surface area (Å²) in [7, 11) is 0. The van der Waals surface area contributed by atoms with E-state index in [1.165, 1.54) is 24.3 Å². The molecule has 0 aliphatic carbocycles. The zero-order valence-electron chi connectivity index (χ0n) is 14.3. The molecule has 0 bridgehead atoms. The predicted molar refractivity (Wildman–Crippen MR) is 94.2 cm³/mol. The first kappa shape index (κ1) is 19.1. The van der Waals surface area contributed by atoms with Crippen molar-refractivity contribution in [2.45, 2.75) is 12.2 Å². The van der Waals surface area contributed by atoms with Crippen molar-refractivity contribution < 1.29 is 44.6 Å². The van der Waals surface area contributed by atoms with Gasteiger partial charge in [-0.1, -0.05) is 6.07 Å². The van der Waals surface area contributed by atoms with Crippen LogP contribution < -0.4 is 4.74 Å². The Morgan fingerprint density at radius 2 is 1.82 bits per heavy atom. The zero-order valence-corrected chi connectivity index (χ0v) is 14.3. The largest absolute Gasteiger partial charge is 0.507 e. The van der Waals surface area contributed by atoms with Gasteiger partial charge in [0.1, 0.15) is 18.1 Å². The molecule has 0 aromatic heterocycles. The molecule has 28 heavy (non-hydrogen) atoms. The number of aromatic hydroxyl groups is 3. The first-order valence-corrected chi connectivity index (χ1v) is 8.08. The highest BCUT2D eigenvalue weighted by Gasteiger charge is 2.37. The second kappa shape index (κ2) is 7.49. The number of aliphatic hydroxyl groups excluding tert-OH is 2. The molecule has 1 saturated heterocycles. The van der Waals surface area contributed by atoms with Crippen LogP contribution in [-0.4, -0.2) is 56.1 Å². The number of aliphatic hydroxyl groups is 2. The van der Waals surface area contributed by atoms with Crippen LogP contribution in [0.4, 0.5) is 0 Å². The average molecular weight is 388 g/mol. The fourth-order valence-corrected chi connectivity index (χ4v) is 2.53. The van der Waals surface area contributed by atoms with E-state index in [9.17, 15) is 35.1 Å². The number of allylic oxidation sites excluding steroid dienone is 1. The monoisotopic (exact) mass is 388 g/mol. The predicted octanol–water partition coefficient (Wildman–Crippen LogP) is 1.25. The fraction of sp³-hybridized carbons (Fsp3) is 0.158. The number of ether oxygens (including phenoxy) is 2. The van der Waals surface area contributed by atoms with Gasteiger partial charge in [0, 0.05) is 6.07 Å². The molecule has 1 heterocycles. The summed E-state index contributed by atoms with van der Waals surface area (Å²) in [6, 6.07) is 7.33. The van der Waals surface area contributed by atoms with E-state index in [0.717, 1.165) is 18.2 Å².